The quantitative estimate of drug-likeness (QED) is 0.652. The molecule has 0 spiro atoms. The van der Waals surface area contributed by atoms with E-state index in [9.17, 15) is 4.79 Å². The fourth-order valence-corrected chi connectivity index (χ4v) is 3.45. The number of fused-ring (bicyclic) bond motifs is 1. The van der Waals surface area contributed by atoms with Crippen molar-refractivity contribution in [2.24, 2.45) is 0 Å². The average Bonchev–Trinajstić information content (AvgIpc) is 3.23. The third-order valence-electron chi connectivity index (χ3n) is 5.26. The van der Waals surface area contributed by atoms with Gasteiger partial charge in [-0.1, -0.05) is 19.0 Å². The lowest BCUT2D eigenvalue weighted by Gasteiger charge is -2.36. The number of rotatable bonds is 5. The molecule has 0 bridgehead atoms. The van der Waals surface area contributed by atoms with E-state index in [4.69, 9.17) is 14.0 Å². The molecule has 0 saturated heterocycles. The monoisotopic (exact) mass is 379 g/mol. The van der Waals surface area contributed by atoms with Crippen molar-refractivity contribution in [1.29, 1.82) is 0 Å². The SMILES string of the molecule is CCC1(CC)CC(=O)c2cc(-c3nc(-c4cccnc4OC)no3)ccc2O1. The Morgan fingerprint density at radius 2 is 2.00 bits per heavy atom. The Morgan fingerprint density at radius 1 is 1.18 bits per heavy atom. The zero-order valence-corrected chi connectivity index (χ0v) is 16.1. The fraction of sp³-hybridized carbons (Fsp3) is 0.333. The Bertz CT molecular complexity index is 1020. The van der Waals surface area contributed by atoms with E-state index in [1.54, 1.807) is 30.5 Å². The van der Waals surface area contributed by atoms with E-state index in [1.165, 1.54) is 7.11 Å². The van der Waals surface area contributed by atoms with Gasteiger partial charge in [0.1, 0.15) is 11.4 Å². The van der Waals surface area contributed by atoms with Crippen molar-refractivity contribution in [3.63, 3.8) is 0 Å². The van der Waals surface area contributed by atoms with Crippen LogP contribution < -0.4 is 9.47 Å². The third kappa shape index (κ3) is 3.02. The standard InChI is InChI=1S/C21H21N3O4/c1-4-21(5-2)12-16(25)15-11-13(8-9-17(15)27-21)19-23-18(24-28-19)14-7-6-10-22-20(14)26-3/h6-11H,4-5,12H2,1-3H3. The van der Waals surface area contributed by atoms with Gasteiger partial charge in [0.2, 0.25) is 11.7 Å². The van der Waals surface area contributed by atoms with Crippen LogP contribution in [0.5, 0.6) is 11.6 Å². The first-order valence-corrected chi connectivity index (χ1v) is 9.29. The number of hydrogen-bond donors (Lipinski definition) is 0. The van der Waals surface area contributed by atoms with Crippen molar-refractivity contribution in [1.82, 2.24) is 15.1 Å². The number of aromatic nitrogens is 3. The first-order valence-electron chi connectivity index (χ1n) is 9.29. The molecule has 0 N–H and O–H groups in total. The van der Waals surface area contributed by atoms with E-state index in [1.807, 2.05) is 19.9 Å². The molecular formula is C21H21N3O4. The molecule has 0 aliphatic carbocycles. The van der Waals surface area contributed by atoms with Gasteiger partial charge in [-0.25, -0.2) is 4.98 Å². The summed E-state index contributed by atoms with van der Waals surface area (Å²) in [5.41, 5.74) is 1.43. The summed E-state index contributed by atoms with van der Waals surface area (Å²) in [6.07, 6.45) is 3.58. The summed E-state index contributed by atoms with van der Waals surface area (Å²) < 4.78 is 16.8. The molecule has 3 heterocycles. The van der Waals surface area contributed by atoms with Gasteiger partial charge in [-0.3, -0.25) is 4.79 Å². The van der Waals surface area contributed by atoms with E-state index < -0.39 is 5.60 Å². The maximum Gasteiger partial charge on any atom is 0.258 e. The van der Waals surface area contributed by atoms with Gasteiger partial charge in [0, 0.05) is 11.8 Å². The number of hydrogen-bond acceptors (Lipinski definition) is 7. The van der Waals surface area contributed by atoms with Crippen LogP contribution in [0.25, 0.3) is 22.8 Å². The van der Waals surface area contributed by atoms with E-state index in [-0.39, 0.29) is 5.78 Å². The summed E-state index contributed by atoms with van der Waals surface area (Å²) in [4.78, 5) is 21.3. The van der Waals surface area contributed by atoms with E-state index >= 15 is 0 Å². The summed E-state index contributed by atoms with van der Waals surface area (Å²) in [5.74, 6) is 1.78. The predicted octanol–water partition coefficient (Wildman–Crippen LogP) is 4.33. The van der Waals surface area contributed by atoms with E-state index in [2.05, 4.69) is 15.1 Å². The molecule has 0 unspecified atom stereocenters. The largest absolute Gasteiger partial charge is 0.486 e. The normalized spacial score (nSPS) is 15.0. The number of methoxy groups -OCH3 is 1. The van der Waals surface area contributed by atoms with Gasteiger partial charge in [0.25, 0.3) is 5.89 Å². The van der Waals surface area contributed by atoms with Gasteiger partial charge in [0.15, 0.2) is 5.78 Å². The summed E-state index contributed by atoms with van der Waals surface area (Å²) in [6, 6.07) is 8.96. The van der Waals surface area contributed by atoms with Crippen LogP contribution >= 0.6 is 0 Å². The second-order valence-electron chi connectivity index (χ2n) is 6.79. The number of nitrogens with zero attached hydrogens (tertiary/aromatic N) is 3. The van der Waals surface area contributed by atoms with Crippen LogP contribution in [0.15, 0.2) is 41.1 Å². The lowest BCUT2D eigenvalue weighted by molar-refractivity contribution is 0.0350. The molecule has 0 saturated carbocycles. The minimum atomic E-state index is -0.417. The lowest BCUT2D eigenvalue weighted by Crippen LogP contribution is -2.40. The molecule has 7 nitrogen and oxygen atoms in total. The Kier molecular flexibility index (Phi) is 4.58. The Balaban J connectivity index is 1.68. The van der Waals surface area contributed by atoms with E-state index in [0.717, 1.165) is 12.8 Å². The zero-order chi connectivity index (χ0) is 19.7. The van der Waals surface area contributed by atoms with Gasteiger partial charge in [-0.15, -0.1) is 0 Å². The summed E-state index contributed by atoms with van der Waals surface area (Å²) in [6.45, 7) is 4.09. The number of pyridine rings is 1. The highest BCUT2D eigenvalue weighted by Crippen LogP contribution is 2.39. The first-order chi connectivity index (χ1) is 13.6. The van der Waals surface area contributed by atoms with Gasteiger partial charge in [-0.2, -0.15) is 4.98 Å². The summed E-state index contributed by atoms with van der Waals surface area (Å²) in [5, 5.41) is 4.03. The number of ketones is 1. The molecular weight excluding hydrogens is 358 g/mol. The molecule has 1 aliphatic rings. The molecule has 3 aromatic rings. The Hall–Kier alpha value is -3.22. The Labute approximate surface area is 162 Å². The molecule has 0 atom stereocenters. The number of carbonyl (C=O) groups is 1. The number of Topliss-reactive ketones (excluding diaryl/α,β-unsaturated/α-hetero) is 1. The second kappa shape index (κ2) is 7.07. The van der Waals surface area contributed by atoms with Gasteiger partial charge < -0.3 is 14.0 Å². The molecule has 1 aromatic carbocycles. The smallest absolute Gasteiger partial charge is 0.258 e. The topological polar surface area (TPSA) is 87.3 Å². The van der Waals surface area contributed by atoms with Crippen molar-refractivity contribution < 1.29 is 18.8 Å². The van der Waals surface area contributed by atoms with Gasteiger partial charge >= 0.3 is 0 Å². The lowest BCUT2D eigenvalue weighted by atomic mass is 9.85. The van der Waals surface area contributed by atoms with Gasteiger partial charge in [-0.05, 0) is 43.2 Å². The van der Waals surface area contributed by atoms with Crippen LogP contribution in [0.4, 0.5) is 0 Å². The van der Waals surface area contributed by atoms with Crippen molar-refractivity contribution >= 4 is 5.78 Å². The molecule has 144 valence electrons. The van der Waals surface area contributed by atoms with E-state index in [0.29, 0.717) is 46.5 Å². The van der Waals surface area contributed by atoms with Crippen LogP contribution in [-0.2, 0) is 0 Å². The highest BCUT2D eigenvalue weighted by molar-refractivity contribution is 6.01. The molecule has 0 amide bonds. The maximum absolute atomic E-state index is 12.7. The average molecular weight is 379 g/mol. The van der Waals surface area contributed by atoms with Gasteiger partial charge in [0.05, 0.1) is 24.7 Å². The second-order valence-corrected chi connectivity index (χ2v) is 6.79. The van der Waals surface area contributed by atoms with Crippen LogP contribution in [0.2, 0.25) is 0 Å². The fourth-order valence-electron chi connectivity index (χ4n) is 3.45. The van der Waals surface area contributed by atoms with Crippen LogP contribution in [0.1, 0.15) is 43.5 Å². The minimum Gasteiger partial charge on any atom is -0.486 e. The molecule has 4 rings (SSSR count). The maximum atomic E-state index is 12.7. The van der Waals surface area contributed by atoms with Crippen molar-refractivity contribution in [2.45, 2.75) is 38.7 Å². The summed E-state index contributed by atoms with van der Waals surface area (Å²) >= 11 is 0. The summed E-state index contributed by atoms with van der Waals surface area (Å²) in [7, 11) is 1.54. The minimum absolute atomic E-state index is 0.0699. The van der Waals surface area contributed by atoms with Crippen molar-refractivity contribution in [2.75, 3.05) is 7.11 Å². The molecule has 2 aromatic heterocycles. The Morgan fingerprint density at radius 3 is 2.75 bits per heavy atom. The molecule has 1 aliphatic heterocycles. The zero-order valence-electron chi connectivity index (χ0n) is 16.1. The van der Waals surface area contributed by atoms with Crippen molar-refractivity contribution in [3.05, 3.63) is 42.1 Å². The number of ether oxygens (including phenoxy) is 2. The predicted molar refractivity (Wildman–Crippen MR) is 102 cm³/mol. The molecule has 0 radical (unpaired) electrons. The number of carbonyl (C=O) groups excluding carboxylic acids is 1. The van der Waals surface area contributed by atoms with Crippen LogP contribution in [-0.4, -0.2) is 33.6 Å². The van der Waals surface area contributed by atoms with Crippen LogP contribution in [0, 0.1) is 0 Å². The highest BCUT2D eigenvalue weighted by atomic mass is 16.5. The highest BCUT2D eigenvalue weighted by Gasteiger charge is 2.37. The van der Waals surface area contributed by atoms with Crippen LogP contribution in [0.3, 0.4) is 0 Å². The molecule has 28 heavy (non-hydrogen) atoms. The first kappa shape index (κ1) is 18.2. The molecule has 0 fully saturated rings. The van der Waals surface area contributed by atoms with Crippen molar-refractivity contribution in [3.8, 4) is 34.5 Å². The number of benzene rings is 1. The molecule has 7 heteroatoms. The third-order valence-corrected chi connectivity index (χ3v) is 5.26.